The van der Waals surface area contributed by atoms with Gasteiger partial charge in [-0.15, -0.1) is 0 Å². The van der Waals surface area contributed by atoms with Crippen LogP contribution in [0.4, 0.5) is 10.2 Å². The summed E-state index contributed by atoms with van der Waals surface area (Å²) in [5.74, 6) is 0.905. The molecular formula is C32H48FN7O4S. The van der Waals surface area contributed by atoms with E-state index in [0.717, 1.165) is 58.4 Å². The molecule has 3 atom stereocenters. The second-order valence-electron chi connectivity index (χ2n) is 13.3. The lowest BCUT2D eigenvalue weighted by molar-refractivity contribution is -0.0298. The molecular weight excluding hydrogens is 597 g/mol. The van der Waals surface area contributed by atoms with Crippen molar-refractivity contribution in [1.29, 1.82) is 4.78 Å². The Bertz CT molecular complexity index is 1420. The zero-order valence-corrected chi connectivity index (χ0v) is 27.9. The summed E-state index contributed by atoms with van der Waals surface area (Å²) >= 11 is 0. The van der Waals surface area contributed by atoms with Gasteiger partial charge in [0.1, 0.15) is 27.8 Å². The van der Waals surface area contributed by atoms with Crippen LogP contribution in [0.25, 0.3) is 0 Å². The molecule has 5 rings (SSSR count). The summed E-state index contributed by atoms with van der Waals surface area (Å²) in [6.45, 7) is 14.6. The third kappa shape index (κ3) is 7.93. The first kappa shape index (κ1) is 33.5. The number of piperidine rings is 1. The predicted octanol–water partition coefficient (Wildman–Crippen LogP) is 4.69. The van der Waals surface area contributed by atoms with Gasteiger partial charge in [0.25, 0.3) is 5.91 Å². The van der Waals surface area contributed by atoms with E-state index in [-0.39, 0.29) is 46.9 Å². The van der Waals surface area contributed by atoms with Crippen molar-refractivity contribution in [2.24, 2.45) is 5.41 Å². The lowest BCUT2D eigenvalue weighted by Gasteiger charge is -2.54. The van der Waals surface area contributed by atoms with Crippen molar-refractivity contribution < 1.29 is 22.9 Å². The van der Waals surface area contributed by atoms with E-state index in [1.54, 1.807) is 18.0 Å². The molecule has 11 nitrogen and oxygen atoms in total. The Hall–Kier alpha value is -2.87. The number of likely N-dealkylation sites (tertiary alicyclic amines) is 1. The van der Waals surface area contributed by atoms with Gasteiger partial charge in [-0.2, -0.15) is 0 Å². The van der Waals surface area contributed by atoms with Gasteiger partial charge in [0.15, 0.2) is 11.6 Å². The molecule has 3 fully saturated rings. The standard InChI is InChI=1S/C32H48FN7O4S/c1-6-45(34,42)37-25-8-9-26(43-18-25)17-38-13-11-32(12-14-38)19-39(20-32)30-29(16-35-21-36-30)44-28-10-7-24(33)15-27(28)31(41)40(22(2)3)23(4)5/h7,10,15-16,21-23,25-26H,6,8-9,11-14,17-20H2,1-5H3,(H2,34,37,42)/t25-,26+,45?/m1/s1. The maximum absolute atomic E-state index is 14.3. The van der Waals surface area contributed by atoms with Crippen molar-refractivity contribution in [2.75, 3.05) is 50.0 Å². The van der Waals surface area contributed by atoms with Crippen molar-refractivity contribution in [1.82, 2.24) is 24.5 Å². The highest BCUT2D eigenvalue weighted by Gasteiger charge is 2.46. The first-order valence-electron chi connectivity index (χ1n) is 16.1. The van der Waals surface area contributed by atoms with Gasteiger partial charge in [0, 0.05) is 48.9 Å². The van der Waals surface area contributed by atoms with E-state index in [2.05, 4.69) is 24.5 Å². The van der Waals surface area contributed by atoms with E-state index in [4.69, 9.17) is 14.3 Å². The zero-order chi connectivity index (χ0) is 32.4. The number of rotatable bonds is 11. The summed E-state index contributed by atoms with van der Waals surface area (Å²) in [4.78, 5) is 28.6. The molecule has 2 aromatic rings. The summed E-state index contributed by atoms with van der Waals surface area (Å²) < 4.78 is 49.6. The van der Waals surface area contributed by atoms with Crippen LogP contribution in [0.2, 0.25) is 0 Å². The van der Waals surface area contributed by atoms with E-state index < -0.39 is 15.7 Å². The fourth-order valence-electron chi connectivity index (χ4n) is 6.82. The number of nitrogens with one attached hydrogen (secondary N) is 2. The van der Waals surface area contributed by atoms with Crippen LogP contribution in [0.15, 0.2) is 30.7 Å². The Morgan fingerprint density at radius 3 is 2.53 bits per heavy atom. The van der Waals surface area contributed by atoms with Crippen molar-refractivity contribution in [3.63, 3.8) is 0 Å². The first-order chi connectivity index (χ1) is 21.4. The quantitative estimate of drug-likeness (QED) is 0.361. The average molecular weight is 646 g/mol. The predicted molar refractivity (Wildman–Crippen MR) is 173 cm³/mol. The third-order valence-corrected chi connectivity index (χ3v) is 10.8. The molecule has 4 heterocycles. The second-order valence-corrected chi connectivity index (χ2v) is 15.5. The fourth-order valence-corrected chi connectivity index (χ4v) is 7.71. The van der Waals surface area contributed by atoms with Gasteiger partial charge < -0.3 is 24.2 Å². The Morgan fingerprint density at radius 1 is 1.20 bits per heavy atom. The number of hydrogen-bond donors (Lipinski definition) is 2. The number of anilines is 1. The lowest BCUT2D eigenvalue weighted by atomic mass is 9.72. The molecule has 3 aliphatic rings. The average Bonchev–Trinajstić information content (AvgIpc) is 2.98. The molecule has 3 aliphatic heterocycles. The minimum absolute atomic E-state index is 0.0163. The van der Waals surface area contributed by atoms with Gasteiger partial charge in [-0.3, -0.25) is 4.79 Å². The van der Waals surface area contributed by atoms with Crippen LogP contribution in [0.1, 0.15) is 70.7 Å². The van der Waals surface area contributed by atoms with E-state index in [0.29, 0.717) is 23.9 Å². The second kappa shape index (κ2) is 13.9. The maximum Gasteiger partial charge on any atom is 0.258 e. The molecule has 1 aromatic heterocycles. The molecule has 1 unspecified atom stereocenters. The Morgan fingerprint density at radius 2 is 1.91 bits per heavy atom. The summed E-state index contributed by atoms with van der Waals surface area (Å²) in [7, 11) is -2.72. The number of ether oxygens (including phenoxy) is 2. The van der Waals surface area contributed by atoms with Crippen LogP contribution >= 0.6 is 0 Å². The minimum atomic E-state index is -2.72. The van der Waals surface area contributed by atoms with Crippen LogP contribution in [-0.4, -0.2) is 99.2 Å². The number of benzene rings is 1. The smallest absolute Gasteiger partial charge is 0.258 e. The number of amides is 1. The van der Waals surface area contributed by atoms with Crippen LogP contribution in [0.5, 0.6) is 11.5 Å². The van der Waals surface area contributed by atoms with Gasteiger partial charge in [0.05, 0.1) is 24.5 Å². The topological polar surface area (TPSA) is 124 Å². The zero-order valence-electron chi connectivity index (χ0n) is 27.1. The van der Waals surface area contributed by atoms with Crippen LogP contribution in [0, 0.1) is 16.0 Å². The van der Waals surface area contributed by atoms with Crippen LogP contribution in [0.3, 0.4) is 0 Å². The van der Waals surface area contributed by atoms with Gasteiger partial charge >= 0.3 is 0 Å². The molecule has 0 saturated carbocycles. The number of aromatic nitrogens is 2. The highest BCUT2D eigenvalue weighted by atomic mass is 32.2. The van der Waals surface area contributed by atoms with E-state index in [1.807, 2.05) is 27.7 Å². The van der Waals surface area contributed by atoms with E-state index in [9.17, 15) is 13.4 Å². The first-order valence-corrected chi connectivity index (χ1v) is 17.8. The molecule has 1 aromatic carbocycles. The molecule has 0 aliphatic carbocycles. The number of hydrogen-bond acceptors (Lipinski definition) is 9. The Balaban J connectivity index is 1.17. The monoisotopic (exact) mass is 645 g/mol. The molecule has 2 N–H and O–H groups in total. The van der Waals surface area contributed by atoms with Crippen LogP contribution in [-0.2, 0) is 14.7 Å². The SMILES string of the molecule is CCS(=N)(=O)N[C@@H]1CC[C@@H](CN2CCC3(CC2)CN(c2ncncc2Oc2ccc(F)cc2C(=O)N(C(C)C)C(C)C)C3)OC1. The number of carbonyl (C=O) groups is 1. The van der Waals surface area contributed by atoms with Gasteiger partial charge in [-0.05, 0) is 84.7 Å². The van der Waals surface area contributed by atoms with Crippen LogP contribution < -0.4 is 14.4 Å². The van der Waals surface area contributed by atoms with E-state index in [1.165, 1.54) is 24.5 Å². The molecule has 13 heteroatoms. The van der Waals surface area contributed by atoms with Crippen molar-refractivity contribution in [3.8, 4) is 11.5 Å². The number of halogens is 1. The van der Waals surface area contributed by atoms with Gasteiger partial charge in [0.2, 0.25) is 0 Å². The summed E-state index contributed by atoms with van der Waals surface area (Å²) in [6, 6.07) is 3.89. The van der Waals surface area contributed by atoms with Crippen molar-refractivity contribution in [3.05, 3.63) is 42.1 Å². The van der Waals surface area contributed by atoms with E-state index >= 15 is 0 Å². The van der Waals surface area contributed by atoms with Gasteiger partial charge in [-0.25, -0.2) is 28.1 Å². The third-order valence-electron chi connectivity index (χ3n) is 9.26. The van der Waals surface area contributed by atoms with Crippen molar-refractivity contribution in [2.45, 2.75) is 84.5 Å². The Labute approximate surface area is 267 Å². The summed E-state index contributed by atoms with van der Waals surface area (Å²) in [6.07, 6.45) is 7.20. The minimum Gasteiger partial charge on any atom is -0.451 e. The summed E-state index contributed by atoms with van der Waals surface area (Å²) in [5.41, 5.74) is 0.382. The number of nitrogens with zero attached hydrogens (tertiary/aromatic N) is 5. The summed E-state index contributed by atoms with van der Waals surface area (Å²) in [5, 5.41) is 0. The largest absolute Gasteiger partial charge is 0.451 e. The molecule has 45 heavy (non-hydrogen) atoms. The maximum atomic E-state index is 14.3. The molecule has 0 bridgehead atoms. The Kier molecular flexibility index (Phi) is 10.3. The fraction of sp³-hybridized carbons (Fsp3) is 0.656. The highest BCUT2D eigenvalue weighted by molar-refractivity contribution is 7.90. The molecule has 248 valence electrons. The van der Waals surface area contributed by atoms with Gasteiger partial charge in [-0.1, -0.05) is 6.92 Å². The lowest BCUT2D eigenvalue weighted by Crippen LogP contribution is -2.61. The highest BCUT2D eigenvalue weighted by Crippen LogP contribution is 2.45. The number of carbonyl (C=O) groups excluding carboxylic acids is 1. The normalized spacial score (nSPS) is 23.2. The van der Waals surface area contributed by atoms with Crippen molar-refractivity contribution >= 4 is 21.6 Å². The molecule has 1 amide bonds. The molecule has 0 radical (unpaired) electrons. The molecule has 3 saturated heterocycles. The molecule has 1 spiro atoms.